The molecule has 0 aromatic heterocycles. The minimum atomic E-state index is -0.660. The molecule has 0 aliphatic heterocycles. The van der Waals surface area contributed by atoms with Crippen LogP contribution in [0.2, 0.25) is 0 Å². The fraction of sp³-hybridized carbons (Fsp3) is 0.818. The molecule has 0 aliphatic carbocycles. The van der Waals surface area contributed by atoms with Gasteiger partial charge in [0.1, 0.15) is 11.6 Å². The van der Waals surface area contributed by atoms with E-state index in [4.69, 9.17) is 4.74 Å². The number of carbonyl (C=O) groups is 1. The summed E-state index contributed by atoms with van der Waals surface area (Å²) in [5, 5.41) is 2.48. The van der Waals surface area contributed by atoms with Gasteiger partial charge in [0.25, 0.3) is 0 Å². The highest BCUT2D eigenvalue weighted by Gasteiger charge is 2.28. The molecule has 0 heterocycles. The topological polar surface area (TPSA) is 55.4 Å². The second kappa shape index (κ2) is 4.64. The van der Waals surface area contributed by atoms with Crippen LogP contribution in [0.25, 0.3) is 0 Å². The first-order valence-corrected chi connectivity index (χ1v) is 4.93. The van der Waals surface area contributed by atoms with Gasteiger partial charge in [0.05, 0.1) is 0 Å². The number of alkyl carbamates (subject to hydrolysis) is 1. The maximum absolute atomic E-state index is 11.4. The normalized spacial score (nSPS) is 14.3. The molecule has 1 atom stereocenters. The van der Waals surface area contributed by atoms with Gasteiger partial charge in [0.15, 0.2) is 0 Å². The van der Waals surface area contributed by atoms with E-state index in [1.807, 2.05) is 20.8 Å². The summed E-state index contributed by atoms with van der Waals surface area (Å²) in [4.78, 5) is 22.0. The standard InChI is InChI=1S/C11H20NO3/c1-10(2,3)8(7-13)12-9(14)15-11(4,5)6/h8H,1-6H3,(H,12,14)/t8-/m1/s1. The Morgan fingerprint density at radius 1 is 1.20 bits per heavy atom. The Morgan fingerprint density at radius 3 is 1.93 bits per heavy atom. The largest absolute Gasteiger partial charge is 0.444 e. The third-order valence-electron chi connectivity index (χ3n) is 1.64. The molecule has 15 heavy (non-hydrogen) atoms. The number of hydrogen-bond acceptors (Lipinski definition) is 3. The predicted octanol–water partition coefficient (Wildman–Crippen LogP) is 2.04. The van der Waals surface area contributed by atoms with Gasteiger partial charge < -0.3 is 10.1 Å². The highest BCUT2D eigenvalue weighted by atomic mass is 16.6. The molecule has 0 aliphatic rings. The van der Waals surface area contributed by atoms with Crippen LogP contribution >= 0.6 is 0 Å². The zero-order valence-electron chi connectivity index (χ0n) is 10.3. The average molecular weight is 214 g/mol. The van der Waals surface area contributed by atoms with Crippen LogP contribution in [0.5, 0.6) is 0 Å². The fourth-order valence-electron chi connectivity index (χ4n) is 0.848. The molecule has 4 nitrogen and oxygen atoms in total. The molecule has 0 bridgehead atoms. The molecule has 1 N–H and O–H groups in total. The van der Waals surface area contributed by atoms with Crippen molar-refractivity contribution in [3.8, 4) is 0 Å². The van der Waals surface area contributed by atoms with Crippen molar-refractivity contribution in [3.63, 3.8) is 0 Å². The van der Waals surface area contributed by atoms with Crippen LogP contribution < -0.4 is 5.32 Å². The molecular weight excluding hydrogens is 194 g/mol. The van der Waals surface area contributed by atoms with Crippen LogP contribution in [-0.2, 0) is 9.53 Å². The van der Waals surface area contributed by atoms with Crippen LogP contribution in [-0.4, -0.2) is 24.0 Å². The first-order chi connectivity index (χ1) is 6.56. The minimum absolute atomic E-state index is 0.362. The lowest BCUT2D eigenvalue weighted by Crippen LogP contribution is -2.46. The zero-order chi connectivity index (χ0) is 12.3. The molecular formula is C11H20NO3. The first-order valence-electron chi connectivity index (χ1n) is 4.93. The lowest BCUT2D eigenvalue weighted by atomic mass is 9.88. The van der Waals surface area contributed by atoms with Gasteiger partial charge in [-0.3, -0.25) is 4.79 Å². The Kier molecular flexibility index (Phi) is 4.31. The van der Waals surface area contributed by atoms with E-state index in [-0.39, 0.29) is 5.41 Å². The Hall–Kier alpha value is -1.06. The van der Waals surface area contributed by atoms with Crippen LogP contribution in [0.15, 0.2) is 0 Å². The van der Waals surface area contributed by atoms with Gasteiger partial charge in [-0.25, -0.2) is 4.79 Å². The summed E-state index contributed by atoms with van der Waals surface area (Å²) in [6, 6.07) is -0.660. The molecule has 1 amide bonds. The molecule has 0 fully saturated rings. The molecule has 87 valence electrons. The maximum atomic E-state index is 11.4. The van der Waals surface area contributed by atoms with E-state index in [1.54, 1.807) is 27.1 Å². The van der Waals surface area contributed by atoms with E-state index in [0.29, 0.717) is 0 Å². The molecule has 0 unspecified atom stereocenters. The Balaban J connectivity index is 4.33. The SMILES string of the molecule is CC(C)(C)OC(=O)N[C@H]([C]=O)C(C)(C)C. The van der Waals surface area contributed by atoms with Crippen molar-refractivity contribution in [2.75, 3.05) is 0 Å². The number of amides is 1. The third kappa shape index (κ3) is 6.10. The highest BCUT2D eigenvalue weighted by molar-refractivity contribution is 5.74. The lowest BCUT2D eigenvalue weighted by molar-refractivity contribution is 0.0490. The number of carbonyl (C=O) groups excluding carboxylic acids is 2. The Morgan fingerprint density at radius 2 is 1.67 bits per heavy atom. The summed E-state index contributed by atoms with van der Waals surface area (Å²) < 4.78 is 5.04. The fourth-order valence-corrected chi connectivity index (χ4v) is 0.848. The molecule has 0 spiro atoms. The first kappa shape index (κ1) is 13.9. The van der Waals surface area contributed by atoms with Crippen LogP contribution in [0.1, 0.15) is 41.5 Å². The molecule has 0 saturated heterocycles. The van der Waals surface area contributed by atoms with Gasteiger partial charge in [-0.2, -0.15) is 0 Å². The van der Waals surface area contributed by atoms with Gasteiger partial charge in [0.2, 0.25) is 6.29 Å². The van der Waals surface area contributed by atoms with Crippen molar-refractivity contribution in [3.05, 3.63) is 0 Å². The summed E-state index contributed by atoms with van der Waals surface area (Å²) in [6.07, 6.45) is 1.20. The van der Waals surface area contributed by atoms with Crippen LogP contribution in [0, 0.1) is 5.41 Å². The van der Waals surface area contributed by atoms with Gasteiger partial charge in [-0.1, -0.05) is 20.8 Å². The molecule has 0 saturated carbocycles. The predicted molar refractivity (Wildman–Crippen MR) is 58.3 cm³/mol. The zero-order valence-corrected chi connectivity index (χ0v) is 10.3. The van der Waals surface area contributed by atoms with Crippen LogP contribution in [0.3, 0.4) is 0 Å². The summed E-state index contributed by atoms with van der Waals surface area (Å²) in [7, 11) is 0. The van der Waals surface area contributed by atoms with Crippen molar-refractivity contribution in [1.82, 2.24) is 5.32 Å². The van der Waals surface area contributed by atoms with Gasteiger partial charge in [0, 0.05) is 0 Å². The Labute approximate surface area is 91.4 Å². The van der Waals surface area contributed by atoms with E-state index in [0.717, 1.165) is 0 Å². The van der Waals surface area contributed by atoms with E-state index < -0.39 is 17.7 Å². The molecule has 0 rings (SSSR count). The van der Waals surface area contributed by atoms with Crippen molar-refractivity contribution in [2.24, 2.45) is 5.41 Å². The number of rotatable bonds is 2. The highest BCUT2D eigenvalue weighted by Crippen LogP contribution is 2.18. The van der Waals surface area contributed by atoms with Crippen molar-refractivity contribution in [2.45, 2.75) is 53.2 Å². The number of hydrogen-bond donors (Lipinski definition) is 1. The van der Waals surface area contributed by atoms with Gasteiger partial charge in [-0.05, 0) is 26.2 Å². The van der Waals surface area contributed by atoms with E-state index in [9.17, 15) is 9.59 Å². The summed E-state index contributed by atoms with van der Waals surface area (Å²) in [6.45, 7) is 10.8. The number of ether oxygens (including phenoxy) is 1. The van der Waals surface area contributed by atoms with E-state index >= 15 is 0 Å². The monoisotopic (exact) mass is 214 g/mol. The third-order valence-corrected chi connectivity index (χ3v) is 1.64. The Bertz CT molecular complexity index is 235. The molecule has 0 aromatic carbocycles. The van der Waals surface area contributed by atoms with Gasteiger partial charge >= 0.3 is 6.09 Å². The lowest BCUT2D eigenvalue weighted by Gasteiger charge is -2.27. The molecule has 1 radical (unpaired) electrons. The van der Waals surface area contributed by atoms with Crippen LogP contribution in [0.4, 0.5) is 4.79 Å². The molecule has 0 aromatic rings. The van der Waals surface area contributed by atoms with Crippen molar-refractivity contribution < 1.29 is 14.3 Å². The minimum Gasteiger partial charge on any atom is -0.444 e. The number of nitrogens with one attached hydrogen (secondary N) is 1. The maximum Gasteiger partial charge on any atom is 0.408 e. The van der Waals surface area contributed by atoms with Crippen molar-refractivity contribution >= 4 is 12.4 Å². The average Bonchev–Trinajstić information content (AvgIpc) is 1.94. The summed E-state index contributed by atoms with van der Waals surface area (Å²) >= 11 is 0. The summed E-state index contributed by atoms with van der Waals surface area (Å²) in [5.41, 5.74) is -0.923. The van der Waals surface area contributed by atoms with Gasteiger partial charge in [-0.15, -0.1) is 0 Å². The molecule has 4 heteroatoms. The van der Waals surface area contributed by atoms with E-state index in [1.165, 1.54) is 0 Å². The van der Waals surface area contributed by atoms with E-state index in [2.05, 4.69) is 5.32 Å². The second-order valence-corrected chi connectivity index (χ2v) is 5.56. The summed E-state index contributed by atoms with van der Waals surface area (Å²) in [5.74, 6) is 0. The van der Waals surface area contributed by atoms with Crippen molar-refractivity contribution in [1.29, 1.82) is 0 Å². The smallest absolute Gasteiger partial charge is 0.408 e. The second-order valence-electron chi connectivity index (χ2n) is 5.56. The quantitative estimate of drug-likeness (QED) is 0.765.